The number of nitrogens with one attached hydrogen (secondary N) is 1. The van der Waals surface area contributed by atoms with E-state index in [1.807, 2.05) is 26.0 Å². The van der Waals surface area contributed by atoms with Crippen LogP contribution in [0.4, 0.5) is 0 Å². The Hall–Kier alpha value is -0.230. The molecule has 1 unspecified atom stereocenters. The molecule has 0 saturated carbocycles. The zero-order chi connectivity index (χ0) is 12.2. The summed E-state index contributed by atoms with van der Waals surface area (Å²) in [6, 6.07) is 0. The first-order valence-corrected chi connectivity index (χ1v) is 5.70. The minimum atomic E-state index is -1.05. The summed E-state index contributed by atoms with van der Waals surface area (Å²) in [5.74, 6) is -0.737. The van der Waals surface area contributed by atoms with Crippen molar-refractivity contribution < 1.29 is 39.5 Å². The van der Waals surface area contributed by atoms with Crippen molar-refractivity contribution in [3.63, 3.8) is 0 Å². The summed E-state index contributed by atoms with van der Waals surface area (Å²) in [4.78, 5) is 15.6. The molecule has 17 heavy (non-hydrogen) atoms. The number of carbonyl (C=O) groups excluding carboxylic acids is 1. The van der Waals surface area contributed by atoms with Gasteiger partial charge in [0.2, 0.25) is 5.91 Å². The van der Waals surface area contributed by atoms with Crippen LogP contribution in [0, 0.1) is 5.41 Å². The van der Waals surface area contributed by atoms with E-state index < -0.39 is 11.3 Å². The number of thiocarbonyl (C=S) groups is 1. The summed E-state index contributed by atoms with van der Waals surface area (Å²) in [5.41, 5.74) is -1.05. The monoisotopic (exact) mass is 262 g/mol. The second-order valence-electron chi connectivity index (χ2n) is 3.78. The minimum Gasteiger partial charge on any atom is -0.861 e. The van der Waals surface area contributed by atoms with Crippen LogP contribution in [-0.2, 0) is 4.79 Å². The van der Waals surface area contributed by atoms with Crippen molar-refractivity contribution in [3.8, 4) is 0 Å². The summed E-state index contributed by atoms with van der Waals surface area (Å²) in [7, 11) is 0. The molecule has 1 rings (SSSR count). The van der Waals surface area contributed by atoms with E-state index in [-0.39, 0.29) is 40.6 Å². The molecule has 0 radical (unpaired) electrons. The molecule has 0 fully saturated rings. The summed E-state index contributed by atoms with van der Waals surface area (Å²) in [6.45, 7) is 3.79. The predicted octanol–water partition coefficient (Wildman–Crippen LogP) is -2.08. The van der Waals surface area contributed by atoms with Gasteiger partial charge < -0.3 is 10.4 Å². The summed E-state index contributed by atoms with van der Waals surface area (Å²) in [6.07, 6.45) is 5.27. The molecular weight excluding hydrogens is 247 g/mol. The SMILES string of the molecule is C/C=C/CC1(CCC)C(=O)NC(=S)N=C1[O-].[Na+]. The molecule has 1 atom stereocenters. The number of carbonyl (C=O) groups is 1. The van der Waals surface area contributed by atoms with E-state index in [2.05, 4.69) is 10.3 Å². The Morgan fingerprint density at radius 3 is 2.71 bits per heavy atom. The minimum absolute atomic E-state index is 0. The Morgan fingerprint density at radius 2 is 2.24 bits per heavy atom. The number of hydrogen-bond donors (Lipinski definition) is 1. The van der Waals surface area contributed by atoms with Crippen molar-refractivity contribution in [2.75, 3.05) is 0 Å². The quantitative estimate of drug-likeness (QED) is 0.359. The maximum absolute atomic E-state index is 11.9. The Balaban J connectivity index is 0.00000256. The van der Waals surface area contributed by atoms with Crippen LogP contribution in [0.3, 0.4) is 0 Å². The van der Waals surface area contributed by atoms with Crippen molar-refractivity contribution >= 4 is 29.1 Å². The van der Waals surface area contributed by atoms with Crippen LogP contribution in [0.1, 0.15) is 33.1 Å². The van der Waals surface area contributed by atoms with E-state index in [1.54, 1.807) is 0 Å². The predicted molar refractivity (Wildman–Crippen MR) is 64.9 cm³/mol. The first-order chi connectivity index (χ1) is 7.56. The molecule has 0 aromatic heterocycles. The number of nitrogens with zero attached hydrogens (tertiary/aromatic N) is 1. The fourth-order valence-electron chi connectivity index (χ4n) is 1.79. The van der Waals surface area contributed by atoms with Crippen molar-refractivity contribution in [1.82, 2.24) is 5.32 Å². The Bertz CT molecular complexity index is 368. The molecule has 1 aliphatic rings. The van der Waals surface area contributed by atoms with Crippen LogP contribution in [-0.4, -0.2) is 16.9 Å². The average Bonchev–Trinajstić information content (AvgIpc) is 2.22. The number of amides is 1. The van der Waals surface area contributed by atoms with Crippen molar-refractivity contribution in [1.29, 1.82) is 0 Å². The van der Waals surface area contributed by atoms with E-state index >= 15 is 0 Å². The van der Waals surface area contributed by atoms with E-state index in [1.165, 1.54) is 0 Å². The van der Waals surface area contributed by atoms with Gasteiger partial charge in [-0.1, -0.05) is 25.5 Å². The van der Waals surface area contributed by atoms with Crippen molar-refractivity contribution in [2.45, 2.75) is 33.1 Å². The van der Waals surface area contributed by atoms with Gasteiger partial charge in [0.1, 0.15) is 0 Å². The number of aliphatic imine (C=N–C) groups is 1. The summed E-state index contributed by atoms with van der Waals surface area (Å²) in [5, 5.41) is 14.3. The maximum Gasteiger partial charge on any atom is 1.00 e. The third-order valence-corrected chi connectivity index (χ3v) is 2.84. The van der Waals surface area contributed by atoms with Gasteiger partial charge in [0, 0.05) is 0 Å². The van der Waals surface area contributed by atoms with E-state index in [0.717, 1.165) is 6.42 Å². The van der Waals surface area contributed by atoms with Gasteiger partial charge in [0.05, 0.1) is 5.41 Å². The zero-order valence-corrected chi connectivity index (χ0v) is 13.3. The van der Waals surface area contributed by atoms with Gasteiger partial charge in [0.25, 0.3) is 0 Å². The average molecular weight is 262 g/mol. The topological polar surface area (TPSA) is 64.5 Å². The summed E-state index contributed by atoms with van der Waals surface area (Å²) < 4.78 is 0. The number of hydrogen-bond acceptors (Lipinski definition) is 3. The Kier molecular flexibility index (Phi) is 7.16. The van der Waals surface area contributed by atoms with Crippen molar-refractivity contribution in [3.05, 3.63) is 12.2 Å². The zero-order valence-electron chi connectivity index (χ0n) is 10.4. The molecular formula is C11H15N2NaO2S. The van der Waals surface area contributed by atoms with Gasteiger partial charge in [-0.3, -0.25) is 4.79 Å². The molecule has 1 heterocycles. The fraction of sp³-hybridized carbons (Fsp3) is 0.545. The summed E-state index contributed by atoms with van der Waals surface area (Å²) >= 11 is 4.72. The molecule has 1 N–H and O–H groups in total. The first kappa shape index (κ1) is 16.8. The third-order valence-electron chi connectivity index (χ3n) is 2.65. The Labute approximate surface area is 129 Å². The second kappa shape index (κ2) is 7.26. The maximum atomic E-state index is 11.9. The smallest absolute Gasteiger partial charge is 0.861 e. The molecule has 4 nitrogen and oxygen atoms in total. The molecule has 0 saturated heterocycles. The van der Waals surface area contributed by atoms with Crippen LogP contribution in [0.5, 0.6) is 0 Å². The van der Waals surface area contributed by atoms with E-state index in [0.29, 0.717) is 12.8 Å². The van der Waals surface area contributed by atoms with Gasteiger partial charge in [0.15, 0.2) is 5.11 Å². The van der Waals surface area contributed by atoms with Crippen LogP contribution in [0.15, 0.2) is 17.1 Å². The molecule has 6 heteroatoms. The van der Waals surface area contributed by atoms with Crippen molar-refractivity contribution in [2.24, 2.45) is 10.4 Å². The molecule has 1 aliphatic heterocycles. The van der Waals surface area contributed by atoms with Gasteiger partial charge in [-0.2, -0.15) is 0 Å². The fourth-order valence-corrected chi connectivity index (χ4v) is 1.97. The van der Waals surface area contributed by atoms with Gasteiger partial charge in [-0.25, -0.2) is 4.99 Å². The van der Waals surface area contributed by atoms with Gasteiger partial charge in [-0.15, -0.1) is 0 Å². The first-order valence-electron chi connectivity index (χ1n) is 5.29. The molecule has 0 bridgehead atoms. The molecule has 0 spiro atoms. The molecule has 1 amide bonds. The van der Waals surface area contributed by atoms with Crippen LogP contribution in [0.2, 0.25) is 0 Å². The number of allylic oxidation sites excluding steroid dienone is 2. The standard InChI is InChI=1S/C11H16N2O2S.Na/c1-3-5-7-11(6-4-2)8(14)12-10(16)13-9(11)15;/h3,5H,4,6-7H2,1-2H3,(H2,12,13,14,15,16);/q;+1/p-1/b5-3+;. The largest absolute Gasteiger partial charge is 1.00 e. The second-order valence-corrected chi connectivity index (χ2v) is 4.17. The Morgan fingerprint density at radius 1 is 1.59 bits per heavy atom. The molecule has 0 aliphatic carbocycles. The van der Waals surface area contributed by atoms with Gasteiger partial charge >= 0.3 is 29.6 Å². The number of rotatable bonds is 4. The van der Waals surface area contributed by atoms with Crippen LogP contribution >= 0.6 is 12.2 Å². The van der Waals surface area contributed by atoms with Crippen LogP contribution in [0.25, 0.3) is 0 Å². The third kappa shape index (κ3) is 3.61. The van der Waals surface area contributed by atoms with E-state index in [4.69, 9.17) is 12.2 Å². The molecule has 0 aromatic carbocycles. The molecule has 88 valence electrons. The van der Waals surface area contributed by atoms with E-state index in [9.17, 15) is 9.90 Å². The van der Waals surface area contributed by atoms with Crippen LogP contribution < -0.4 is 40.0 Å². The normalized spacial score (nSPS) is 24.2. The van der Waals surface area contributed by atoms with Gasteiger partial charge in [-0.05, 0) is 37.9 Å². The molecule has 0 aromatic rings.